The minimum absolute atomic E-state index is 0.0331. The lowest BCUT2D eigenvalue weighted by Crippen LogP contribution is -2.29. The van der Waals surface area contributed by atoms with E-state index in [2.05, 4.69) is 37.3 Å². The molecule has 180 valence electrons. The number of carboxylic acid groups (broad SMARTS) is 1. The van der Waals surface area contributed by atoms with Gasteiger partial charge in [-0.1, -0.05) is 57.0 Å². The molecular weight excluding hydrogens is 444 g/mol. The SMILES string of the molecule is C#CCNC(=O)Nc1cc(-c2ccc(OC)c(C(=O)O)c2)ccc1Oc1ccccc1C(C)(C)C. The molecule has 0 heterocycles. The fraction of sp³-hybridized carbons (Fsp3) is 0.214. The minimum atomic E-state index is -1.10. The molecule has 35 heavy (non-hydrogen) atoms. The molecule has 3 N–H and O–H groups in total. The topological polar surface area (TPSA) is 96.9 Å². The zero-order chi connectivity index (χ0) is 25.6. The summed E-state index contributed by atoms with van der Waals surface area (Å²) in [5.41, 5.74) is 2.59. The Morgan fingerprint density at radius 3 is 2.26 bits per heavy atom. The van der Waals surface area contributed by atoms with Gasteiger partial charge in [-0.2, -0.15) is 0 Å². The quantitative estimate of drug-likeness (QED) is 0.372. The van der Waals surface area contributed by atoms with Crippen LogP contribution in [0.1, 0.15) is 36.7 Å². The van der Waals surface area contributed by atoms with E-state index in [1.165, 1.54) is 13.2 Å². The number of rotatable bonds is 7. The van der Waals surface area contributed by atoms with Gasteiger partial charge in [0.05, 0.1) is 19.3 Å². The maximum absolute atomic E-state index is 12.4. The second kappa shape index (κ2) is 10.7. The first-order valence-corrected chi connectivity index (χ1v) is 11.0. The molecular formula is C28H28N2O5. The zero-order valence-electron chi connectivity index (χ0n) is 20.1. The highest BCUT2D eigenvalue weighted by molar-refractivity contribution is 5.94. The standard InChI is InChI=1S/C28H28N2O5/c1-6-15-29-27(33)30-22-17-19(18-11-13-23(34-5)20(16-18)26(31)32)12-14-25(22)35-24-10-8-7-9-21(24)28(2,3)4/h1,7-14,16-17H,15H2,2-5H3,(H,31,32)(H2,29,30,33). The summed E-state index contributed by atoms with van der Waals surface area (Å²) in [6, 6.07) is 17.3. The number of carboxylic acids is 1. The molecule has 0 aliphatic rings. The summed E-state index contributed by atoms with van der Waals surface area (Å²) in [4.78, 5) is 24.1. The number of amides is 2. The molecule has 0 saturated heterocycles. The summed E-state index contributed by atoms with van der Waals surface area (Å²) in [6.45, 7) is 6.34. The zero-order valence-corrected chi connectivity index (χ0v) is 20.1. The van der Waals surface area contributed by atoms with Crippen molar-refractivity contribution in [1.29, 1.82) is 0 Å². The van der Waals surface area contributed by atoms with Gasteiger partial charge < -0.3 is 25.2 Å². The number of para-hydroxylation sites is 1. The van der Waals surface area contributed by atoms with Crippen molar-refractivity contribution in [3.63, 3.8) is 0 Å². The second-order valence-corrected chi connectivity index (χ2v) is 8.79. The summed E-state index contributed by atoms with van der Waals surface area (Å²) < 4.78 is 11.4. The summed E-state index contributed by atoms with van der Waals surface area (Å²) in [7, 11) is 1.42. The normalized spacial score (nSPS) is 10.7. The van der Waals surface area contributed by atoms with Gasteiger partial charge in [0.2, 0.25) is 0 Å². The third kappa shape index (κ3) is 6.12. The van der Waals surface area contributed by atoms with Gasteiger partial charge in [-0.3, -0.25) is 0 Å². The van der Waals surface area contributed by atoms with E-state index in [9.17, 15) is 14.7 Å². The van der Waals surface area contributed by atoms with Crippen LogP contribution in [0, 0.1) is 12.3 Å². The highest BCUT2D eigenvalue weighted by Crippen LogP contribution is 2.39. The van der Waals surface area contributed by atoms with Gasteiger partial charge in [-0.05, 0) is 46.9 Å². The van der Waals surface area contributed by atoms with E-state index in [4.69, 9.17) is 15.9 Å². The Morgan fingerprint density at radius 1 is 0.971 bits per heavy atom. The Morgan fingerprint density at radius 2 is 1.63 bits per heavy atom. The third-order valence-corrected chi connectivity index (χ3v) is 5.26. The van der Waals surface area contributed by atoms with Crippen LogP contribution in [0.15, 0.2) is 60.7 Å². The lowest BCUT2D eigenvalue weighted by atomic mass is 9.86. The molecule has 7 nitrogen and oxygen atoms in total. The number of aromatic carboxylic acids is 1. The van der Waals surface area contributed by atoms with Crippen molar-refractivity contribution in [1.82, 2.24) is 5.32 Å². The van der Waals surface area contributed by atoms with Crippen molar-refractivity contribution in [2.24, 2.45) is 0 Å². The molecule has 0 aromatic heterocycles. The molecule has 0 bridgehead atoms. The van der Waals surface area contributed by atoms with Gasteiger partial charge in [-0.15, -0.1) is 6.42 Å². The molecule has 7 heteroatoms. The molecule has 0 atom stereocenters. The average molecular weight is 473 g/mol. The highest BCUT2D eigenvalue weighted by Gasteiger charge is 2.20. The molecule has 0 unspecified atom stereocenters. The molecule has 3 aromatic carbocycles. The van der Waals surface area contributed by atoms with Gasteiger partial charge >= 0.3 is 12.0 Å². The Hall–Kier alpha value is -4.44. The van der Waals surface area contributed by atoms with Crippen molar-refractivity contribution in [3.8, 4) is 40.7 Å². The molecule has 0 spiro atoms. The van der Waals surface area contributed by atoms with E-state index in [1.54, 1.807) is 30.3 Å². The minimum Gasteiger partial charge on any atom is -0.496 e. The van der Waals surface area contributed by atoms with E-state index in [0.717, 1.165) is 5.56 Å². The van der Waals surface area contributed by atoms with Crippen molar-refractivity contribution in [2.45, 2.75) is 26.2 Å². The van der Waals surface area contributed by atoms with Gasteiger partial charge in [0.1, 0.15) is 17.1 Å². The van der Waals surface area contributed by atoms with Crippen LogP contribution < -0.4 is 20.1 Å². The van der Waals surface area contributed by atoms with Crippen LogP contribution in [0.2, 0.25) is 0 Å². The number of ether oxygens (including phenoxy) is 2. The third-order valence-electron chi connectivity index (χ3n) is 5.26. The number of hydrogen-bond acceptors (Lipinski definition) is 4. The fourth-order valence-corrected chi connectivity index (χ4v) is 3.54. The number of terminal acetylenes is 1. The number of benzene rings is 3. The first-order valence-electron chi connectivity index (χ1n) is 11.0. The number of methoxy groups -OCH3 is 1. The number of hydrogen-bond donors (Lipinski definition) is 3. The molecule has 0 saturated carbocycles. The number of nitrogens with one attached hydrogen (secondary N) is 2. The van der Waals surface area contributed by atoms with E-state index < -0.39 is 12.0 Å². The van der Waals surface area contributed by atoms with Crippen molar-refractivity contribution < 1.29 is 24.2 Å². The van der Waals surface area contributed by atoms with Crippen molar-refractivity contribution in [3.05, 3.63) is 71.8 Å². The maximum atomic E-state index is 12.4. The predicted octanol–water partition coefficient (Wildman–Crippen LogP) is 5.90. The van der Waals surface area contributed by atoms with E-state index in [1.807, 2.05) is 24.3 Å². The van der Waals surface area contributed by atoms with Crippen LogP contribution in [0.5, 0.6) is 17.2 Å². The number of urea groups is 1. The van der Waals surface area contributed by atoms with Crippen molar-refractivity contribution >= 4 is 17.7 Å². The predicted molar refractivity (Wildman–Crippen MR) is 136 cm³/mol. The van der Waals surface area contributed by atoms with Gasteiger partial charge in [-0.25, -0.2) is 9.59 Å². The average Bonchev–Trinajstić information content (AvgIpc) is 2.83. The lowest BCUT2D eigenvalue weighted by molar-refractivity contribution is 0.0693. The molecule has 0 radical (unpaired) electrons. The van der Waals surface area contributed by atoms with Crippen LogP contribution in [-0.2, 0) is 5.41 Å². The number of carbonyl (C=O) groups excluding carboxylic acids is 1. The molecule has 0 aliphatic carbocycles. The first kappa shape index (κ1) is 25.2. The Bertz CT molecular complexity index is 1290. The van der Waals surface area contributed by atoms with Crippen LogP contribution in [0.3, 0.4) is 0 Å². The summed E-state index contributed by atoms with van der Waals surface area (Å²) in [5, 5.41) is 14.9. The molecule has 0 fully saturated rings. The maximum Gasteiger partial charge on any atom is 0.339 e. The number of anilines is 1. The Kier molecular flexibility index (Phi) is 7.67. The monoisotopic (exact) mass is 472 g/mol. The smallest absolute Gasteiger partial charge is 0.339 e. The van der Waals surface area contributed by atoms with E-state index in [0.29, 0.717) is 28.3 Å². The molecule has 2 amide bonds. The van der Waals surface area contributed by atoms with Crippen LogP contribution in [-0.4, -0.2) is 30.8 Å². The summed E-state index contributed by atoms with van der Waals surface area (Å²) >= 11 is 0. The van der Waals surface area contributed by atoms with Crippen LogP contribution >= 0.6 is 0 Å². The van der Waals surface area contributed by atoms with E-state index in [-0.39, 0.29) is 23.3 Å². The molecule has 3 aromatic rings. The molecule has 3 rings (SSSR count). The van der Waals surface area contributed by atoms with Crippen LogP contribution in [0.25, 0.3) is 11.1 Å². The van der Waals surface area contributed by atoms with Gasteiger partial charge in [0, 0.05) is 5.56 Å². The Balaban J connectivity index is 2.06. The summed E-state index contributed by atoms with van der Waals surface area (Å²) in [6.07, 6.45) is 5.25. The largest absolute Gasteiger partial charge is 0.496 e. The van der Waals surface area contributed by atoms with Crippen LogP contribution in [0.4, 0.5) is 10.5 Å². The highest BCUT2D eigenvalue weighted by atomic mass is 16.5. The van der Waals surface area contributed by atoms with Gasteiger partial charge in [0.15, 0.2) is 5.75 Å². The Labute approximate surface area is 205 Å². The van der Waals surface area contributed by atoms with E-state index >= 15 is 0 Å². The molecule has 0 aliphatic heterocycles. The lowest BCUT2D eigenvalue weighted by Gasteiger charge is -2.23. The van der Waals surface area contributed by atoms with Gasteiger partial charge in [0.25, 0.3) is 0 Å². The second-order valence-electron chi connectivity index (χ2n) is 8.79. The fourth-order valence-electron chi connectivity index (χ4n) is 3.54. The first-order chi connectivity index (χ1) is 16.6. The van der Waals surface area contributed by atoms with Crippen molar-refractivity contribution in [2.75, 3.05) is 19.0 Å². The number of carbonyl (C=O) groups is 2. The summed E-state index contributed by atoms with van der Waals surface area (Å²) in [5.74, 6) is 2.60.